The second kappa shape index (κ2) is 12.3. The van der Waals surface area contributed by atoms with Crippen LogP contribution in [-0.4, -0.2) is 41.4 Å². The molecule has 0 radical (unpaired) electrons. The molecular formula is C26H29ClN2OS2. The van der Waals surface area contributed by atoms with Crippen LogP contribution in [0.3, 0.4) is 0 Å². The standard InChI is InChI=1S/C26H29ClN2OS2/c1-4-15-31-26(32-16-14-25(30)29(2)3)21-7-5-6-19(17-21)8-12-23-13-10-20-9-11-22(27)18-24(20)28-23/h5-13,17-18,26H,4,14-16H2,1-3H3. The average Bonchev–Trinajstić information content (AvgIpc) is 2.79. The number of carbonyl (C=O) groups excluding carboxylic acids is 1. The Hall–Kier alpha value is -1.95. The van der Waals surface area contributed by atoms with Gasteiger partial charge in [0, 0.05) is 36.7 Å². The molecule has 0 aliphatic carbocycles. The van der Waals surface area contributed by atoms with Crippen LogP contribution in [0.2, 0.25) is 5.02 Å². The van der Waals surface area contributed by atoms with E-state index in [0.717, 1.165) is 40.1 Å². The van der Waals surface area contributed by atoms with Crippen molar-refractivity contribution < 1.29 is 4.79 Å². The van der Waals surface area contributed by atoms with Gasteiger partial charge in [-0.2, -0.15) is 0 Å². The summed E-state index contributed by atoms with van der Waals surface area (Å²) >= 11 is 9.92. The molecular weight excluding hydrogens is 456 g/mol. The summed E-state index contributed by atoms with van der Waals surface area (Å²) in [6.45, 7) is 2.20. The van der Waals surface area contributed by atoms with Crippen molar-refractivity contribution in [3.05, 3.63) is 76.4 Å². The summed E-state index contributed by atoms with van der Waals surface area (Å²) in [6.07, 6.45) is 5.84. The number of amides is 1. The Labute approximate surface area is 204 Å². The van der Waals surface area contributed by atoms with Crippen LogP contribution in [0.5, 0.6) is 0 Å². The van der Waals surface area contributed by atoms with E-state index < -0.39 is 0 Å². The minimum absolute atomic E-state index is 0.178. The highest BCUT2D eigenvalue weighted by Crippen LogP contribution is 2.40. The quantitative estimate of drug-likeness (QED) is 0.280. The molecule has 0 bridgehead atoms. The zero-order chi connectivity index (χ0) is 22.9. The van der Waals surface area contributed by atoms with Crippen molar-refractivity contribution >= 4 is 64.1 Å². The van der Waals surface area contributed by atoms with Gasteiger partial charge in [0.15, 0.2) is 0 Å². The van der Waals surface area contributed by atoms with E-state index in [1.54, 1.807) is 4.90 Å². The number of pyridine rings is 1. The molecule has 3 aromatic rings. The number of carbonyl (C=O) groups is 1. The Balaban J connectivity index is 1.73. The third-order valence-electron chi connectivity index (χ3n) is 4.86. The summed E-state index contributed by atoms with van der Waals surface area (Å²) < 4.78 is 0.319. The fourth-order valence-electron chi connectivity index (χ4n) is 3.13. The largest absolute Gasteiger partial charge is 0.349 e. The molecule has 0 saturated heterocycles. The van der Waals surface area contributed by atoms with Crippen LogP contribution in [0.4, 0.5) is 0 Å². The van der Waals surface area contributed by atoms with Gasteiger partial charge in [-0.25, -0.2) is 4.98 Å². The van der Waals surface area contributed by atoms with Crippen molar-refractivity contribution in [1.29, 1.82) is 0 Å². The van der Waals surface area contributed by atoms with E-state index in [9.17, 15) is 4.79 Å². The molecule has 6 heteroatoms. The number of halogens is 1. The number of thioether (sulfide) groups is 2. The Kier molecular flexibility index (Phi) is 9.51. The lowest BCUT2D eigenvalue weighted by atomic mass is 10.1. The van der Waals surface area contributed by atoms with Crippen LogP contribution in [-0.2, 0) is 4.79 Å². The van der Waals surface area contributed by atoms with E-state index in [1.165, 1.54) is 5.56 Å². The third-order valence-corrected chi connectivity index (χ3v) is 8.15. The van der Waals surface area contributed by atoms with Gasteiger partial charge < -0.3 is 4.90 Å². The van der Waals surface area contributed by atoms with E-state index >= 15 is 0 Å². The van der Waals surface area contributed by atoms with E-state index in [0.29, 0.717) is 16.0 Å². The molecule has 0 N–H and O–H groups in total. The number of fused-ring (bicyclic) bond motifs is 1. The molecule has 0 aliphatic rings. The van der Waals surface area contributed by atoms with Gasteiger partial charge in [0.1, 0.15) is 0 Å². The number of hydrogen-bond donors (Lipinski definition) is 0. The van der Waals surface area contributed by atoms with Crippen LogP contribution < -0.4 is 0 Å². The number of benzene rings is 2. The maximum absolute atomic E-state index is 11.9. The van der Waals surface area contributed by atoms with Crippen molar-refractivity contribution in [3.8, 4) is 0 Å². The number of rotatable bonds is 10. The summed E-state index contributed by atoms with van der Waals surface area (Å²) in [6, 6.07) is 18.5. The van der Waals surface area contributed by atoms with Gasteiger partial charge in [0.25, 0.3) is 0 Å². The van der Waals surface area contributed by atoms with Crippen LogP contribution in [0.25, 0.3) is 23.1 Å². The first-order valence-electron chi connectivity index (χ1n) is 10.7. The monoisotopic (exact) mass is 484 g/mol. The van der Waals surface area contributed by atoms with Gasteiger partial charge in [-0.3, -0.25) is 4.79 Å². The van der Waals surface area contributed by atoms with Gasteiger partial charge in [0.2, 0.25) is 5.91 Å². The number of nitrogens with zero attached hydrogens (tertiary/aromatic N) is 2. The number of hydrogen-bond acceptors (Lipinski definition) is 4. The first-order chi connectivity index (χ1) is 15.5. The highest BCUT2D eigenvalue weighted by Gasteiger charge is 2.14. The molecule has 0 aliphatic heterocycles. The molecule has 168 valence electrons. The topological polar surface area (TPSA) is 33.2 Å². The molecule has 1 unspecified atom stereocenters. The first kappa shape index (κ1) is 24.7. The maximum Gasteiger partial charge on any atom is 0.222 e. The molecule has 1 aromatic heterocycles. The first-order valence-corrected chi connectivity index (χ1v) is 13.2. The fourth-order valence-corrected chi connectivity index (χ4v) is 5.90. The van der Waals surface area contributed by atoms with Crippen LogP contribution in [0.15, 0.2) is 54.6 Å². The second-order valence-electron chi connectivity index (χ2n) is 7.69. The van der Waals surface area contributed by atoms with E-state index in [1.807, 2.05) is 68.0 Å². The lowest BCUT2D eigenvalue weighted by molar-refractivity contribution is -0.128. The van der Waals surface area contributed by atoms with E-state index in [4.69, 9.17) is 16.6 Å². The minimum atomic E-state index is 0.178. The Morgan fingerprint density at radius 1 is 1.06 bits per heavy atom. The summed E-state index contributed by atoms with van der Waals surface area (Å²) in [5, 5.41) is 1.77. The summed E-state index contributed by atoms with van der Waals surface area (Å²) in [5.74, 6) is 2.10. The zero-order valence-electron chi connectivity index (χ0n) is 18.8. The molecule has 0 fully saturated rings. The van der Waals surface area contributed by atoms with Crippen molar-refractivity contribution in [2.45, 2.75) is 24.3 Å². The highest BCUT2D eigenvalue weighted by atomic mass is 35.5. The Bertz CT molecular complexity index is 1080. The van der Waals surface area contributed by atoms with Crippen molar-refractivity contribution in [2.24, 2.45) is 0 Å². The number of aromatic nitrogens is 1. The molecule has 0 spiro atoms. The second-order valence-corrected chi connectivity index (χ2v) is 10.8. The average molecular weight is 485 g/mol. The molecule has 2 aromatic carbocycles. The maximum atomic E-state index is 11.9. The van der Waals surface area contributed by atoms with Crippen LogP contribution in [0.1, 0.15) is 41.2 Å². The van der Waals surface area contributed by atoms with E-state index in [-0.39, 0.29) is 5.91 Å². The molecule has 32 heavy (non-hydrogen) atoms. The predicted octanol–water partition coefficient (Wildman–Crippen LogP) is 7.41. The van der Waals surface area contributed by atoms with Gasteiger partial charge in [-0.05, 0) is 53.6 Å². The molecule has 1 heterocycles. The summed E-state index contributed by atoms with van der Waals surface area (Å²) in [5.41, 5.74) is 4.22. The van der Waals surface area contributed by atoms with Gasteiger partial charge >= 0.3 is 0 Å². The fraction of sp³-hybridized carbons (Fsp3) is 0.308. The summed E-state index contributed by atoms with van der Waals surface area (Å²) in [4.78, 5) is 18.3. The van der Waals surface area contributed by atoms with Crippen LogP contribution in [0, 0.1) is 0 Å². The zero-order valence-corrected chi connectivity index (χ0v) is 21.1. The van der Waals surface area contributed by atoms with Crippen LogP contribution >= 0.6 is 35.1 Å². The van der Waals surface area contributed by atoms with Gasteiger partial charge in [-0.15, -0.1) is 23.5 Å². The van der Waals surface area contributed by atoms with Crippen molar-refractivity contribution in [2.75, 3.05) is 25.6 Å². The molecule has 1 atom stereocenters. The molecule has 1 amide bonds. The Morgan fingerprint density at radius 3 is 2.62 bits per heavy atom. The van der Waals surface area contributed by atoms with E-state index in [2.05, 4.69) is 43.3 Å². The lowest BCUT2D eigenvalue weighted by Gasteiger charge is -2.18. The van der Waals surface area contributed by atoms with Gasteiger partial charge in [0.05, 0.1) is 15.8 Å². The summed E-state index contributed by atoms with van der Waals surface area (Å²) in [7, 11) is 3.62. The SMILES string of the molecule is CCCSC(SCCC(=O)N(C)C)c1cccc(C=Cc2ccc3ccc(Cl)cc3n2)c1. The highest BCUT2D eigenvalue weighted by molar-refractivity contribution is 8.16. The third kappa shape index (κ3) is 7.29. The molecule has 3 rings (SSSR count). The van der Waals surface area contributed by atoms with Crippen molar-refractivity contribution in [1.82, 2.24) is 9.88 Å². The minimum Gasteiger partial charge on any atom is -0.349 e. The van der Waals surface area contributed by atoms with Crippen molar-refractivity contribution in [3.63, 3.8) is 0 Å². The Morgan fingerprint density at radius 2 is 1.84 bits per heavy atom. The predicted molar refractivity (Wildman–Crippen MR) is 143 cm³/mol. The smallest absolute Gasteiger partial charge is 0.222 e. The lowest BCUT2D eigenvalue weighted by Crippen LogP contribution is -2.21. The normalized spacial score (nSPS) is 12.4. The molecule has 3 nitrogen and oxygen atoms in total. The van der Waals surface area contributed by atoms with Gasteiger partial charge in [-0.1, -0.05) is 54.9 Å². The molecule has 0 saturated carbocycles.